The summed E-state index contributed by atoms with van der Waals surface area (Å²) in [6, 6.07) is 14.7. The van der Waals surface area contributed by atoms with Crippen LogP contribution in [0.4, 0.5) is 10.5 Å². The van der Waals surface area contributed by atoms with E-state index in [1.54, 1.807) is 12.1 Å². The third kappa shape index (κ3) is 3.82. The smallest absolute Gasteiger partial charge is 0.324 e. The maximum Gasteiger partial charge on any atom is 0.324 e. The number of imide groups is 1. The van der Waals surface area contributed by atoms with E-state index in [9.17, 15) is 19.7 Å². The fraction of sp³-hybridized carbons (Fsp3) is 0.222. The molecule has 25 heavy (non-hydrogen) atoms. The first-order chi connectivity index (χ1) is 12.0. The Kier molecular flexibility index (Phi) is 4.74. The van der Waals surface area contributed by atoms with Crippen LogP contribution in [-0.4, -0.2) is 34.3 Å². The van der Waals surface area contributed by atoms with Crippen LogP contribution in [0.5, 0.6) is 0 Å². The fourth-order valence-electron chi connectivity index (χ4n) is 2.80. The molecule has 2 aromatic carbocycles. The summed E-state index contributed by atoms with van der Waals surface area (Å²) in [6.07, 6.45) is 0.911. The summed E-state index contributed by atoms with van der Waals surface area (Å²) in [4.78, 5) is 35.9. The van der Waals surface area contributed by atoms with Gasteiger partial charge in [0.2, 0.25) is 0 Å². The van der Waals surface area contributed by atoms with Gasteiger partial charge in [-0.1, -0.05) is 42.5 Å². The average Bonchev–Trinajstić information content (AvgIpc) is 2.88. The topological polar surface area (TPSA) is 92.6 Å². The zero-order valence-electron chi connectivity index (χ0n) is 13.4. The molecule has 0 aromatic heterocycles. The van der Waals surface area contributed by atoms with E-state index in [1.165, 1.54) is 17.0 Å². The molecule has 1 heterocycles. The van der Waals surface area contributed by atoms with Crippen LogP contribution < -0.4 is 5.32 Å². The van der Waals surface area contributed by atoms with Gasteiger partial charge in [-0.2, -0.15) is 0 Å². The molecule has 0 saturated carbocycles. The molecule has 2 aromatic rings. The van der Waals surface area contributed by atoms with Crippen LogP contribution in [-0.2, 0) is 17.6 Å². The Morgan fingerprint density at radius 1 is 1.00 bits per heavy atom. The van der Waals surface area contributed by atoms with E-state index in [4.69, 9.17) is 0 Å². The lowest BCUT2D eigenvalue weighted by atomic mass is 10.1. The highest BCUT2D eigenvalue weighted by Crippen LogP contribution is 2.15. The fourth-order valence-corrected chi connectivity index (χ4v) is 2.80. The summed E-state index contributed by atoms with van der Waals surface area (Å²) in [5.74, 6) is -0.240. The molecule has 0 aliphatic carbocycles. The van der Waals surface area contributed by atoms with E-state index in [0.29, 0.717) is 12.8 Å². The van der Waals surface area contributed by atoms with E-state index in [1.807, 2.05) is 30.3 Å². The minimum Gasteiger partial charge on any atom is -0.325 e. The van der Waals surface area contributed by atoms with Crippen LogP contribution in [0.1, 0.15) is 11.1 Å². The molecule has 1 fully saturated rings. The van der Waals surface area contributed by atoms with Crippen LogP contribution in [0.2, 0.25) is 0 Å². The molecule has 1 unspecified atom stereocenters. The van der Waals surface area contributed by atoms with Crippen molar-refractivity contribution < 1.29 is 14.5 Å². The monoisotopic (exact) mass is 339 g/mol. The number of carbonyl (C=O) groups excluding carboxylic acids is 2. The summed E-state index contributed by atoms with van der Waals surface area (Å²) < 4.78 is 0. The largest absolute Gasteiger partial charge is 0.325 e. The molecule has 1 saturated heterocycles. The minimum atomic E-state index is -0.549. The van der Waals surface area contributed by atoms with Crippen LogP contribution in [0.25, 0.3) is 0 Å². The summed E-state index contributed by atoms with van der Waals surface area (Å²) in [5.41, 5.74) is 1.83. The highest BCUT2D eigenvalue weighted by atomic mass is 16.6. The van der Waals surface area contributed by atoms with E-state index >= 15 is 0 Å². The van der Waals surface area contributed by atoms with Crippen LogP contribution in [0.3, 0.4) is 0 Å². The van der Waals surface area contributed by atoms with Crippen LogP contribution >= 0.6 is 0 Å². The summed E-state index contributed by atoms with van der Waals surface area (Å²) >= 11 is 0. The first-order valence-corrected chi connectivity index (χ1v) is 7.94. The molecule has 1 aliphatic rings. The van der Waals surface area contributed by atoms with Gasteiger partial charge in [-0.25, -0.2) is 4.79 Å². The molecule has 3 amide bonds. The second-order valence-corrected chi connectivity index (χ2v) is 5.86. The van der Waals surface area contributed by atoms with Gasteiger partial charge in [0.25, 0.3) is 11.6 Å². The van der Waals surface area contributed by atoms with E-state index in [2.05, 4.69) is 5.32 Å². The molecular weight excluding hydrogens is 322 g/mol. The highest BCUT2D eigenvalue weighted by molar-refractivity contribution is 6.04. The van der Waals surface area contributed by atoms with Crippen LogP contribution in [0, 0.1) is 10.1 Å². The number of nitro groups is 1. The Hall–Kier alpha value is -3.22. The van der Waals surface area contributed by atoms with E-state index in [-0.39, 0.29) is 18.1 Å². The predicted molar refractivity (Wildman–Crippen MR) is 91.0 cm³/mol. The number of nitrogens with one attached hydrogen (secondary N) is 1. The number of benzene rings is 2. The van der Waals surface area contributed by atoms with Gasteiger partial charge >= 0.3 is 6.03 Å². The maximum atomic E-state index is 12.4. The van der Waals surface area contributed by atoms with Crippen molar-refractivity contribution in [3.63, 3.8) is 0 Å². The normalized spacial score (nSPS) is 16.8. The first kappa shape index (κ1) is 16.6. The Balaban J connectivity index is 1.60. The van der Waals surface area contributed by atoms with Gasteiger partial charge in [0.15, 0.2) is 0 Å². The zero-order chi connectivity index (χ0) is 17.8. The van der Waals surface area contributed by atoms with Crippen molar-refractivity contribution in [3.05, 3.63) is 75.8 Å². The Morgan fingerprint density at radius 3 is 2.32 bits per heavy atom. The number of hydrogen-bond acceptors (Lipinski definition) is 4. The van der Waals surface area contributed by atoms with Gasteiger partial charge in [0.1, 0.15) is 6.04 Å². The van der Waals surface area contributed by atoms with Gasteiger partial charge in [-0.05, 0) is 17.5 Å². The lowest BCUT2D eigenvalue weighted by molar-refractivity contribution is -0.384. The van der Waals surface area contributed by atoms with Gasteiger partial charge in [0, 0.05) is 25.1 Å². The molecule has 0 bridgehead atoms. The number of amides is 3. The molecule has 0 radical (unpaired) electrons. The average molecular weight is 339 g/mol. The van der Waals surface area contributed by atoms with Crippen molar-refractivity contribution in [2.75, 3.05) is 6.54 Å². The van der Waals surface area contributed by atoms with Crippen molar-refractivity contribution >= 4 is 17.6 Å². The molecule has 7 heteroatoms. The Labute approximate surface area is 144 Å². The lowest BCUT2D eigenvalue weighted by Crippen LogP contribution is -2.33. The first-order valence-electron chi connectivity index (χ1n) is 7.94. The number of nitro benzene ring substituents is 1. The zero-order valence-corrected chi connectivity index (χ0v) is 13.4. The number of nitrogens with zero attached hydrogens (tertiary/aromatic N) is 2. The molecule has 3 rings (SSSR count). The molecule has 1 atom stereocenters. The van der Waals surface area contributed by atoms with E-state index < -0.39 is 17.0 Å². The van der Waals surface area contributed by atoms with Crippen molar-refractivity contribution in [1.29, 1.82) is 0 Å². The van der Waals surface area contributed by atoms with Gasteiger partial charge < -0.3 is 5.32 Å². The Bertz CT molecular complexity index is 790. The van der Waals surface area contributed by atoms with E-state index in [0.717, 1.165) is 11.1 Å². The Morgan fingerprint density at radius 2 is 1.68 bits per heavy atom. The van der Waals surface area contributed by atoms with Crippen LogP contribution in [0.15, 0.2) is 54.6 Å². The maximum absolute atomic E-state index is 12.4. The number of rotatable bonds is 6. The summed E-state index contributed by atoms with van der Waals surface area (Å²) in [5, 5.41) is 13.4. The quantitative estimate of drug-likeness (QED) is 0.496. The van der Waals surface area contributed by atoms with Gasteiger partial charge in [-0.15, -0.1) is 0 Å². The van der Waals surface area contributed by atoms with Crippen molar-refractivity contribution in [3.8, 4) is 0 Å². The summed E-state index contributed by atoms with van der Waals surface area (Å²) in [6.45, 7) is 0.244. The second kappa shape index (κ2) is 7.12. The number of non-ortho nitro benzene ring substituents is 1. The molecule has 1 N–H and O–H groups in total. The molecule has 128 valence electrons. The standard InChI is InChI=1S/C18H17N3O4/c22-17-16(12-14-4-2-1-3-5-14)19-18(23)20(17)11-10-13-6-8-15(9-7-13)21(24)25/h1-9,16H,10-12H2,(H,19,23). The molecule has 1 aliphatic heterocycles. The molecular formula is C18H17N3O4. The minimum absolute atomic E-state index is 0.0154. The number of urea groups is 1. The van der Waals surface area contributed by atoms with Crippen molar-refractivity contribution in [2.45, 2.75) is 18.9 Å². The molecule has 7 nitrogen and oxygen atoms in total. The summed E-state index contributed by atoms with van der Waals surface area (Å²) in [7, 11) is 0. The predicted octanol–water partition coefficient (Wildman–Crippen LogP) is 2.30. The van der Waals surface area contributed by atoms with Gasteiger partial charge in [0.05, 0.1) is 4.92 Å². The lowest BCUT2D eigenvalue weighted by Gasteiger charge is -2.13. The number of hydrogen-bond donors (Lipinski definition) is 1. The number of carbonyl (C=O) groups is 2. The third-order valence-corrected chi connectivity index (χ3v) is 4.16. The highest BCUT2D eigenvalue weighted by Gasteiger charge is 2.37. The molecule has 0 spiro atoms. The van der Waals surface area contributed by atoms with Crippen molar-refractivity contribution in [1.82, 2.24) is 10.2 Å². The van der Waals surface area contributed by atoms with Crippen molar-refractivity contribution in [2.24, 2.45) is 0 Å². The second-order valence-electron chi connectivity index (χ2n) is 5.86. The van der Waals surface area contributed by atoms with Gasteiger partial charge in [-0.3, -0.25) is 19.8 Å². The SMILES string of the molecule is O=C1NC(Cc2ccccc2)C(=O)N1CCc1ccc([N+](=O)[O-])cc1. The third-order valence-electron chi connectivity index (χ3n) is 4.16.